The number of aromatic amines is 1. The number of H-pyrrole nitrogens is 1. The molecule has 1 aromatic carbocycles. The number of halogens is 1. The van der Waals surface area contributed by atoms with Crippen molar-refractivity contribution in [2.45, 2.75) is 14.4 Å². The normalized spacial score (nSPS) is 9.57. The maximum absolute atomic E-state index is 5.86. The van der Waals surface area contributed by atoms with Gasteiger partial charge >= 0.3 is 0 Å². The van der Waals surface area contributed by atoms with E-state index in [1.165, 1.54) is 0 Å². The van der Waals surface area contributed by atoms with Gasteiger partial charge in [0.15, 0.2) is 0 Å². The van der Waals surface area contributed by atoms with Crippen molar-refractivity contribution in [2.75, 3.05) is 0 Å². The zero-order valence-corrected chi connectivity index (χ0v) is 7.97. The van der Waals surface area contributed by atoms with Gasteiger partial charge in [0.2, 0.25) is 0 Å². The van der Waals surface area contributed by atoms with E-state index in [-0.39, 0.29) is 7.43 Å². The first-order valence-electron chi connectivity index (χ1n) is 4.03. The molecule has 74 valence electrons. The quantitative estimate of drug-likeness (QED) is 0.761. The molecule has 0 atom stereocenters. The molecule has 0 saturated heterocycles. The molecule has 1 heterocycles. The molecule has 0 saturated carbocycles. The summed E-state index contributed by atoms with van der Waals surface area (Å²) in [4.78, 5) is 7.36. The molecule has 0 fully saturated rings. The molecule has 2 nitrogen and oxygen atoms in total. The summed E-state index contributed by atoms with van der Waals surface area (Å²) in [5.74, 6) is 0.861. The molecule has 0 aliphatic heterocycles. The Bertz CT molecular complexity index is 421. The van der Waals surface area contributed by atoms with Gasteiger partial charge < -0.3 is 4.98 Å². The van der Waals surface area contributed by atoms with E-state index in [9.17, 15) is 0 Å². The molecular weight excluding hydrogens is 196 g/mol. The highest BCUT2D eigenvalue weighted by Gasteiger charge is 2.00. The molecule has 0 bridgehead atoms. The van der Waals surface area contributed by atoms with Gasteiger partial charge in [0.25, 0.3) is 0 Å². The molecule has 0 spiro atoms. The van der Waals surface area contributed by atoms with Gasteiger partial charge in [-0.3, -0.25) is 0 Å². The predicted molar refractivity (Wildman–Crippen MR) is 60.5 cm³/mol. The first-order valence-corrected chi connectivity index (χ1v) is 4.41. The first-order chi connectivity index (χ1) is 6.25. The Morgan fingerprint density at radius 2 is 2.14 bits per heavy atom. The Morgan fingerprint density at radius 3 is 2.71 bits per heavy atom. The van der Waals surface area contributed by atoms with Crippen LogP contribution < -0.4 is 0 Å². The molecule has 2 rings (SSSR count). The van der Waals surface area contributed by atoms with Crippen LogP contribution in [-0.2, 0) is 0 Å². The lowest BCUT2D eigenvalue weighted by Gasteiger charge is -1.96. The minimum absolute atomic E-state index is 0. The number of aryl methyl sites for hydroxylation is 1. The third-order valence-corrected chi connectivity index (χ3v) is 2.04. The molecule has 1 aromatic heterocycles. The number of nitrogens with zero attached hydrogens (tertiary/aromatic N) is 1. The maximum atomic E-state index is 5.86. The number of imidazole rings is 1. The van der Waals surface area contributed by atoms with Crippen LogP contribution in [0, 0.1) is 6.92 Å². The zero-order chi connectivity index (χ0) is 9.26. The fraction of sp³-hybridized carbons (Fsp3) is 0.182. The minimum Gasteiger partial charge on any atom is -0.342 e. The zero-order valence-electron chi connectivity index (χ0n) is 7.21. The van der Waals surface area contributed by atoms with Crippen molar-refractivity contribution in [2.24, 2.45) is 0 Å². The Morgan fingerprint density at radius 1 is 1.36 bits per heavy atom. The van der Waals surface area contributed by atoms with Crippen LogP contribution in [0.5, 0.6) is 0 Å². The molecule has 0 aliphatic rings. The molecule has 1 N–H and O–H groups in total. The van der Waals surface area contributed by atoms with Gasteiger partial charge in [-0.2, -0.15) is 0 Å². The van der Waals surface area contributed by atoms with E-state index in [4.69, 9.17) is 11.6 Å². The van der Waals surface area contributed by atoms with E-state index >= 15 is 0 Å². The summed E-state index contributed by atoms with van der Waals surface area (Å²) in [6.07, 6.45) is 1.80. The van der Waals surface area contributed by atoms with E-state index < -0.39 is 0 Å². The number of aromatic nitrogens is 2. The largest absolute Gasteiger partial charge is 0.342 e. The summed E-state index contributed by atoms with van der Waals surface area (Å²) < 4.78 is 0. The second-order valence-corrected chi connectivity index (χ2v) is 3.36. The van der Waals surface area contributed by atoms with E-state index in [1.54, 1.807) is 6.20 Å². The van der Waals surface area contributed by atoms with Crippen LogP contribution in [0.25, 0.3) is 11.4 Å². The summed E-state index contributed by atoms with van der Waals surface area (Å²) >= 11 is 5.86. The average Bonchev–Trinajstić information content (AvgIpc) is 2.52. The van der Waals surface area contributed by atoms with Gasteiger partial charge in [0.05, 0.1) is 0 Å². The van der Waals surface area contributed by atoms with Crippen molar-refractivity contribution in [1.82, 2.24) is 9.97 Å². The van der Waals surface area contributed by atoms with E-state index in [1.807, 2.05) is 31.2 Å². The molecule has 0 aliphatic carbocycles. The third kappa shape index (κ3) is 2.15. The molecule has 14 heavy (non-hydrogen) atoms. The van der Waals surface area contributed by atoms with Crippen molar-refractivity contribution < 1.29 is 0 Å². The van der Waals surface area contributed by atoms with Crippen LogP contribution in [-0.4, -0.2) is 9.97 Å². The Labute approximate surface area is 89.0 Å². The highest BCUT2D eigenvalue weighted by molar-refractivity contribution is 6.30. The second kappa shape index (κ2) is 4.29. The number of nitrogens with one attached hydrogen (secondary N) is 1. The van der Waals surface area contributed by atoms with Gasteiger partial charge in [-0.05, 0) is 19.1 Å². The van der Waals surface area contributed by atoms with E-state index in [0.717, 1.165) is 22.1 Å². The summed E-state index contributed by atoms with van der Waals surface area (Å²) in [7, 11) is 0. The Balaban J connectivity index is 0.000000980. The van der Waals surface area contributed by atoms with Crippen LogP contribution in [0.15, 0.2) is 30.5 Å². The van der Waals surface area contributed by atoms with Crippen molar-refractivity contribution in [3.63, 3.8) is 0 Å². The average molecular weight is 209 g/mol. The molecule has 2 aromatic rings. The number of hydrogen-bond donors (Lipinski definition) is 1. The van der Waals surface area contributed by atoms with Gasteiger partial charge in [-0.25, -0.2) is 4.98 Å². The summed E-state index contributed by atoms with van der Waals surface area (Å²) in [5.41, 5.74) is 2.07. The van der Waals surface area contributed by atoms with Crippen molar-refractivity contribution in [1.29, 1.82) is 0 Å². The van der Waals surface area contributed by atoms with E-state index in [2.05, 4.69) is 9.97 Å². The Hall–Kier alpha value is -1.28. The van der Waals surface area contributed by atoms with Crippen LogP contribution in [0.3, 0.4) is 0 Å². The fourth-order valence-corrected chi connectivity index (χ4v) is 1.39. The van der Waals surface area contributed by atoms with Crippen LogP contribution >= 0.6 is 11.6 Å². The summed E-state index contributed by atoms with van der Waals surface area (Å²) in [6, 6.07) is 7.63. The maximum Gasteiger partial charge on any atom is 0.137 e. The summed E-state index contributed by atoms with van der Waals surface area (Å²) in [6.45, 7) is 1.97. The standard InChI is InChI=1S/C10H9ClN2.CH4/c1-7-6-12-10(13-7)8-3-2-4-9(11)5-8;/h2-6H,1H3,(H,12,13);1H4. The number of rotatable bonds is 1. The molecule has 0 radical (unpaired) electrons. The highest BCUT2D eigenvalue weighted by Crippen LogP contribution is 2.19. The van der Waals surface area contributed by atoms with Crippen LogP contribution in [0.1, 0.15) is 13.1 Å². The lowest BCUT2D eigenvalue weighted by Crippen LogP contribution is -1.79. The lowest BCUT2D eigenvalue weighted by molar-refractivity contribution is 1.26. The summed E-state index contributed by atoms with van der Waals surface area (Å²) in [5, 5.41) is 0.728. The topological polar surface area (TPSA) is 28.7 Å². The van der Waals surface area contributed by atoms with Crippen molar-refractivity contribution >= 4 is 11.6 Å². The molecular formula is C11H13ClN2. The van der Waals surface area contributed by atoms with Gasteiger partial charge in [0.1, 0.15) is 5.82 Å². The highest BCUT2D eigenvalue weighted by atomic mass is 35.5. The second-order valence-electron chi connectivity index (χ2n) is 2.93. The Kier molecular flexibility index (Phi) is 3.31. The fourth-order valence-electron chi connectivity index (χ4n) is 1.20. The van der Waals surface area contributed by atoms with Gasteiger partial charge in [-0.15, -0.1) is 0 Å². The van der Waals surface area contributed by atoms with Crippen LogP contribution in [0.4, 0.5) is 0 Å². The number of hydrogen-bond acceptors (Lipinski definition) is 1. The predicted octanol–water partition coefficient (Wildman–Crippen LogP) is 3.67. The van der Waals surface area contributed by atoms with Crippen LogP contribution in [0.2, 0.25) is 5.02 Å². The molecule has 0 unspecified atom stereocenters. The van der Waals surface area contributed by atoms with Gasteiger partial charge in [0, 0.05) is 22.5 Å². The third-order valence-electron chi connectivity index (χ3n) is 1.80. The lowest BCUT2D eigenvalue weighted by atomic mass is 10.2. The van der Waals surface area contributed by atoms with Crippen molar-refractivity contribution in [3.8, 4) is 11.4 Å². The first kappa shape index (κ1) is 10.8. The SMILES string of the molecule is C.Cc1cnc(-c2cccc(Cl)c2)[nH]1. The number of benzene rings is 1. The van der Waals surface area contributed by atoms with E-state index in [0.29, 0.717) is 0 Å². The molecule has 3 heteroatoms. The smallest absolute Gasteiger partial charge is 0.137 e. The monoisotopic (exact) mass is 208 g/mol. The molecule has 0 amide bonds. The minimum atomic E-state index is 0. The van der Waals surface area contributed by atoms with Gasteiger partial charge in [-0.1, -0.05) is 31.2 Å². The van der Waals surface area contributed by atoms with Crippen molar-refractivity contribution in [3.05, 3.63) is 41.2 Å².